The number of hydrogen-bond donors (Lipinski definition) is 1. The highest BCUT2D eigenvalue weighted by atomic mass is 32.1. The molecule has 1 aliphatic heterocycles. The number of anilines is 1. The van der Waals surface area contributed by atoms with Crippen molar-refractivity contribution in [2.24, 2.45) is 0 Å². The zero-order valence-electron chi connectivity index (χ0n) is 19.3. The lowest BCUT2D eigenvalue weighted by atomic mass is 9.82. The molecule has 0 spiro atoms. The number of benzene rings is 1. The number of hydrogen-bond acceptors (Lipinski definition) is 6. The summed E-state index contributed by atoms with van der Waals surface area (Å²) in [4.78, 5) is 9.54. The predicted octanol–water partition coefficient (Wildman–Crippen LogP) is 4.93. The molecule has 1 saturated heterocycles. The van der Waals surface area contributed by atoms with Crippen molar-refractivity contribution in [2.45, 2.75) is 30.9 Å². The summed E-state index contributed by atoms with van der Waals surface area (Å²) >= 11 is 1.72. The van der Waals surface area contributed by atoms with Crippen LogP contribution in [0.5, 0.6) is 5.75 Å². The molecule has 1 aromatic carbocycles. The van der Waals surface area contributed by atoms with E-state index in [-0.39, 0.29) is 11.6 Å². The van der Waals surface area contributed by atoms with Crippen LogP contribution in [0.3, 0.4) is 0 Å². The van der Waals surface area contributed by atoms with E-state index in [1.165, 1.54) is 16.9 Å². The SMILES string of the molecule is CNCCC(Oc1ccccc1N1CCC(c2ccccn2)(N(C)C)CC1)c1ccsc1. The van der Waals surface area contributed by atoms with Crippen molar-refractivity contribution in [3.63, 3.8) is 0 Å². The van der Waals surface area contributed by atoms with Crippen molar-refractivity contribution in [1.82, 2.24) is 15.2 Å². The van der Waals surface area contributed by atoms with Crippen molar-refractivity contribution < 1.29 is 4.74 Å². The Morgan fingerprint density at radius 3 is 2.56 bits per heavy atom. The van der Waals surface area contributed by atoms with Crippen LogP contribution in [0.4, 0.5) is 5.69 Å². The number of aromatic nitrogens is 1. The lowest BCUT2D eigenvalue weighted by Gasteiger charge is -2.46. The largest absolute Gasteiger partial charge is 0.483 e. The van der Waals surface area contributed by atoms with Crippen molar-refractivity contribution in [3.8, 4) is 5.75 Å². The summed E-state index contributed by atoms with van der Waals surface area (Å²) in [7, 11) is 6.34. The molecule has 2 aromatic heterocycles. The number of nitrogens with one attached hydrogen (secondary N) is 1. The third-order valence-corrected chi connectivity index (χ3v) is 7.34. The molecule has 0 aliphatic carbocycles. The summed E-state index contributed by atoms with van der Waals surface area (Å²) in [5, 5.41) is 7.58. The molecular formula is C26H34N4OS. The average molecular weight is 451 g/mol. The van der Waals surface area contributed by atoms with Crippen LogP contribution in [0.1, 0.15) is 36.6 Å². The van der Waals surface area contributed by atoms with Gasteiger partial charge >= 0.3 is 0 Å². The molecule has 3 heterocycles. The van der Waals surface area contributed by atoms with E-state index >= 15 is 0 Å². The third-order valence-electron chi connectivity index (χ3n) is 6.64. The highest BCUT2D eigenvalue weighted by molar-refractivity contribution is 7.07. The van der Waals surface area contributed by atoms with Gasteiger partial charge < -0.3 is 15.0 Å². The summed E-state index contributed by atoms with van der Waals surface area (Å²) in [6, 6.07) is 16.9. The average Bonchev–Trinajstić information content (AvgIpc) is 3.37. The molecule has 1 N–H and O–H groups in total. The Bertz CT molecular complexity index is 953. The molecule has 3 aromatic rings. The molecule has 1 atom stereocenters. The minimum Gasteiger partial charge on any atom is -0.483 e. The van der Waals surface area contributed by atoms with Gasteiger partial charge in [-0.1, -0.05) is 18.2 Å². The van der Waals surface area contributed by atoms with Crippen LogP contribution in [0.15, 0.2) is 65.5 Å². The first-order valence-corrected chi connectivity index (χ1v) is 12.3. The highest BCUT2D eigenvalue weighted by Crippen LogP contribution is 2.40. The van der Waals surface area contributed by atoms with Crippen LogP contribution in [0, 0.1) is 0 Å². The second kappa shape index (κ2) is 10.5. The molecule has 1 fully saturated rings. The van der Waals surface area contributed by atoms with Crippen LogP contribution >= 0.6 is 11.3 Å². The van der Waals surface area contributed by atoms with Gasteiger partial charge in [0.1, 0.15) is 11.9 Å². The Kier molecular flexibility index (Phi) is 7.45. The molecule has 32 heavy (non-hydrogen) atoms. The molecule has 170 valence electrons. The Hall–Kier alpha value is -2.41. The molecule has 0 amide bonds. The van der Waals surface area contributed by atoms with Gasteiger partial charge in [-0.05, 0) is 81.6 Å². The molecular weight excluding hydrogens is 416 g/mol. The maximum absolute atomic E-state index is 6.63. The number of thiophene rings is 1. The summed E-state index contributed by atoms with van der Waals surface area (Å²) in [6.45, 7) is 2.85. The van der Waals surface area contributed by atoms with Gasteiger partial charge in [-0.15, -0.1) is 0 Å². The second-order valence-corrected chi connectivity index (χ2v) is 9.43. The maximum atomic E-state index is 6.63. The molecule has 0 radical (unpaired) electrons. The Balaban J connectivity index is 1.53. The van der Waals surface area contributed by atoms with E-state index in [2.05, 4.69) is 82.4 Å². The minimum absolute atomic E-state index is 0.0282. The van der Waals surface area contributed by atoms with E-state index in [4.69, 9.17) is 9.72 Å². The van der Waals surface area contributed by atoms with E-state index in [9.17, 15) is 0 Å². The van der Waals surface area contributed by atoms with Gasteiger partial charge in [-0.3, -0.25) is 9.88 Å². The summed E-state index contributed by atoms with van der Waals surface area (Å²) in [5.41, 5.74) is 3.57. The smallest absolute Gasteiger partial charge is 0.143 e. The van der Waals surface area contributed by atoms with E-state index in [0.717, 1.165) is 44.6 Å². The predicted molar refractivity (Wildman–Crippen MR) is 134 cm³/mol. The number of para-hydroxylation sites is 2. The monoisotopic (exact) mass is 450 g/mol. The number of ether oxygens (including phenoxy) is 1. The van der Waals surface area contributed by atoms with Gasteiger partial charge in [0.05, 0.1) is 16.9 Å². The quantitative estimate of drug-likeness (QED) is 0.501. The van der Waals surface area contributed by atoms with Crippen molar-refractivity contribution in [2.75, 3.05) is 45.7 Å². The summed E-state index contributed by atoms with van der Waals surface area (Å²) < 4.78 is 6.63. The van der Waals surface area contributed by atoms with Crippen molar-refractivity contribution in [3.05, 3.63) is 76.7 Å². The van der Waals surface area contributed by atoms with Crippen LogP contribution < -0.4 is 15.0 Å². The van der Waals surface area contributed by atoms with E-state index in [1.54, 1.807) is 11.3 Å². The maximum Gasteiger partial charge on any atom is 0.143 e. The molecule has 5 nitrogen and oxygen atoms in total. The molecule has 6 heteroatoms. The number of pyridine rings is 1. The number of nitrogens with zero attached hydrogens (tertiary/aromatic N) is 3. The zero-order chi connectivity index (χ0) is 22.4. The Morgan fingerprint density at radius 1 is 1.12 bits per heavy atom. The van der Waals surface area contributed by atoms with Crippen molar-refractivity contribution in [1.29, 1.82) is 0 Å². The summed E-state index contributed by atoms with van der Waals surface area (Å²) in [6.07, 6.45) is 4.95. The highest BCUT2D eigenvalue weighted by Gasteiger charge is 2.39. The van der Waals surface area contributed by atoms with Gasteiger partial charge in [0.2, 0.25) is 0 Å². The zero-order valence-corrected chi connectivity index (χ0v) is 20.1. The topological polar surface area (TPSA) is 40.6 Å². The standard InChI is InChI=1S/C26H34N4OS/c1-27-16-11-23(21-12-19-32-20-21)31-24-9-5-4-8-22(24)30-17-13-26(14-18-30,29(2)3)25-10-6-7-15-28-25/h4-10,12,15,19-20,23,27H,11,13-14,16-18H2,1-3H3. The van der Waals surface area contributed by atoms with Crippen LogP contribution in [-0.4, -0.2) is 50.7 Å². The Labute approximate surface area is 196 Å². The Morgan fingerprint density at radius 2 is 1.91 bits per heavy atom. The third kappa shape index (κ3) is 4.82. The molecule has 1 unspecified atom stereocenters. The molecule has 0 bridgehead atoms. The number of piperidine rings is 1. The van der Waals surface area contributed by atoms with Crippen LogP contribution in [0.2, 0.25) is 0 Å². The lowest BCUT2D eigenvalue weighted by Crippen LogP contribution is -2.51. The summed E-state index contributed by atoms with van der Waals surface area (Å²) in [5.74, 6) is 0.968. The first-order valence-electron chi connectivity index (χ1n) is 11.4. The molecule has 0 saturated carbocycles. The van der Waals surface area contributed by atoms with Gasteiger partial charge in [-0.2, -0.15) is 11.3 Å². The lowest BCUT2D eigenvalue weighted by molar-refractivity contribution is 0.110. The van der Waals surface area contributed by atoms with Gasteiger partial charge in [0.15, 0.2) is 0 Å². The molecule has 1 aliphatic rings. The fraction of sp³-hybridized carbons (Fsp3) is 0.423. The second-order valence-electron chi connectivity index (χ2n) is 8.65. The first kappa shape index (κ1) is 22.8. The fourth-order valence-corrected chi connectivity index (χ4v) is 5.39. The van der Waals surface area contributed by atoms with Crippen molar-refractivity contribution >= 4 is 17.0 Å². The van der Waals surface area contributed by atoms with E-state index in [1.807, 2.05) is 19.3 Å². The normalized spacial score (nSPS) is 16.8. The first-order chi connectivity index (χ1) is 15.6. The molecule has 4 rings (SSSR count). The van der Waals surface area contributed by atoms with Crippen LogP contribution in [0.25, 0.3) is 0 Å². The van der Waals surface area contributed by atoms with E-state index in [0.29, 0.717) is 0 Å². The van der Waals surface area contributed by atoms with Gasteiger partial charge in [-0.25, -0.2) is 0 Å². The van der Waals surface area contributed by atoms with Gasteiger partial charge in [0.25, 0.3) is 0 Å². The number of rotatable bonds is 9. The van der Waals surface area contributed by atoms with E-state index < -0.39 is 0 Å². The minimum atomic E-state index is -0.0282. The fourth-order valence-electron chi connectivity index (χ4n) is 4.69. The van der Waals surface area contributed by atoms with Gasteiger partial charge in [0, 0.05) is 31.3 Å². The van der Waals surface area contributed by atoms with Crippen LogP contribution in [-0.2, 0) is 5.54 Å².